The molecule has 0 bridgehead atoms. The number of hydrogen-bond acceptors (Lipinski definition) is 3. The molecule has 1 saturated heterocycles. The van der Waals surface area contributed by atoms with E-state index in [1.54, 1.807) is 6.07 Å². The maximum Gasteiger partial charge on any atom is 0.484 e. The van der Waals surface area contributed by atoms with Crippen molar-refractivity contribution in [3.05, 3.63) is 29.8 Å². The van der Waals surface area contributed by atoms with Crippen molar-refractivity contribution < 1.29 is 22.7 Å². The fraction of sp³-hybridized carbons (Fsp3) is 0.462. The number of alkyl halides is 3. The van der Waals surface area contributed by atoms with E-state index in [1.165, 1.54) is 18.2 Å². The van der Waals surface area contributed by atoms with Crippen molar-refractivity contribution in [1.29, 1.82) is 0 Å². The number of para-hydroxylation sites is 1. The topological polar surface area (TPSA) is 41.6 Å². The second-order valence-electron chi connectivity index (χ2n) is 4.74. The molecule has 110 valence electrons. The van der Waals surface area contributed by atoms with Crippen LogP contribution in [0.3, 0.4) is 0 Å². The number of likely N-dealkylation sites (N-methyl/N-ethyl adjacent to an activating group) is 1. The predicted molar refractivity (Wildman–Crippen MR) is 66.5 cm³/mol. The Kier molecular flexibility index (Phi) is 4.17. The highest BCUT2D eigenvalue weighted by Crippen LogP contribution is 2.23. The van der Waals surface area contributed by atoms with Gasteiger partial charge in [-0.1, -0.05) is 12.1 Å². The molecular weight excluding hydrogens is 273 g/mol. The van der Waals surface area contributed by atoms with Crippen molar-refractivity contribution in [1.82, 2.24) is 10.2 Å². The van der Waals surface area contributed by atoms with Crippen LogP contribution in [0.15, 0.2) is 24.3 Å². The van der Waals surface area contributed by atoms with Crippen LogP contribution in [0.4, 0.5) is 13.2 Å². The molecule has 1 amide bonds. The molecule has 20 heavy (non-hydrogen) atoms. The second-order valence-corrected chi connectivity index (χ2v) is 4.74. The van der Waals surface area contributed by atoms with Crippen molar-refractivity contribution in [2.75, 3.05) is 20.1 Å². The van der Waals surface area contributed by atoms with Gasteiger partial charge in [0.05, 0.1) is 5.56 Å². The number of halogens is 3. The van der Waals surface area contributed by atoms with E-state index in [2.05, 4.69) is 4.90 Å². The highest BCUT2D eigenvalue weighted by atomic mass is 19.4. The molecule has 1 aromatic rings. The molecule has 1 fully saturated rings. The largest absolute Gasteiger partial charge is 0.488 e. The summed E-state index contributed by atoms with van der Waals surface area (Å²) < 4.78 is 42.2. The molecule has 1 aliphatic heterocycles. The molecule has 1 aliphatic rings. The summed E-state index contributed by atoms with van der Waals surface area (Å²) in [5.41, 5.74) is -0.112. The Labute approximate surface area is 114 Å². The fourth-order valence-corrected chi connectivity index (χ4v) is 2.12. The molecule has 2 rings (SSSR count). The van der Waals surface area contributed by atoms with Gasteiger partial charge >= 0.3 is 6.30 Å². The van der Waals surface area contributed by atoms with E-state index >= 15 is 0 Å². The molecule has 1 N–H and O–H groups in total. The van der Waals surface area contributed by atoms with E-state index in [1.807, 2.05) is 7.05 Å². The third kappa shape index (κ3) is 3.86. The van der Waals surface area contributed by atoms with Crippen LogP contribution in [0.25, 0.3) is 0 Å². The number of rotatable bonds is 3. The van der Waals surface area contributed by atoms with Gasteiger partial charge in [0.25, 0.3) is 5.91 Å². The van der Waals surface area contributed by atoms with Crippen LogP contribution in [-0.2, 0) is 0 Å². The van der Waals surface area contributed by atoms with Crippen LogP contribution in [-0.4, -0.2) is 43.3 Å². The minimum absolute atomic E-state index is 0.111. The molecule has 0 aromatic heterocycles. The summed E-state index contributed by atoms with van der Waals surface area (Å²) in [7, 11) is 1.94. The summed E-state index contributed by atoms with van der Waals surface area (Å²) in [5, 5.41) is 0.980. The Hall–Kier alpha value is -1.76. The van der Waals surface area contributed by atoms with Crippen molar-refractivity contribution in [3.8, 4) is 5.75 Å². The molecule has 1 atom stereocenters. The molecule has 4 nitrogen and oxygen atoms in total. The van der Waals surface area contributed by atoms with Gasteiger partial charge in [-0.25, -0.2) is 0 Å². The Morgan fingerprint density at radius 3 is 2.70 bits per heavy atom. The third-order valence-corrected chi connectivity index (χ3v) is 3.03. The number of nitrogens with one attached hydrogen (secondary N) is 1. The number of carbonyl (C=O) groups excluding carboxylic acids is 1. The molecule has 0 radical (unpaired) electrons. The van der Waals surface area contributed by atoms with Gasteiger partial charge in [0.2, 0.25) is 0 Å². The van der Waals surface area contributed by atoms with Gasteiger partial charge in [0.15, 0.2) is 0 Å². The van der Waals surface area contributed by atoms with Crippen LogP contribution < -0.4 is 10.1 Å². The van der Waals surface area contributed by atoms with E-state index < -0.39 is 12.2 Å². The van der Waals surface area contributed by atoms with Gasteiger partial charge in [-0.2, -0.15) is 13.2 Å². The molecular formula is C13H15F3N2O2. The first kappa shape index (κ1) is 14.6. The lowest BCUT2D eigenvalue weighted by Crippen LogP contribution is -2.37. The number of hydrogen-bond donors (Lipinski definition) is 1. The Bertz CT molecular complexity index is 491. The standard InChI is InChI=1S/C13H15F3N2O2/c1-18-7-6-9(8-18)20-11-5-3-2-4-10(11)12(19)17-13(14,15)16/h2-5,9H,6-8H2,1H3,(H,17,19)/t9-/m1/s1. The zero-order valence-electron chi connectivity index (χ0n) is 10.9. The van der Waals surface area contributed by atoms with Gasteiger partial charge in [0.1, 0.15) is 11.9 Å². The molecule has 0 spiro atoms. The van der Waals surface area contributed by atoms with Crippen LogP contribution >= 0.6 is 0 Å². The minimum Gasteiger partial charge on any atom is -0.488 e. The Balaban J connectivity index is 2.11. The Morgan fingerprint density at radius 1 is 1.40 bits per heavy atom. The summed E-state index contributed by atoms with van der Waals surface area (Å²) in [6, 6.07) is 5.94. The monoisotopic (exact) mass is 288 g/mol. The molecule has 1 heterocycles. The van der Waals surface area contributed by atoms with Crippen LogP contribution in [0.2, 0.25) is 0 Å². The quantitative estimate of drug-likeness (QED) is 0.865. The molecule has 0 saturated carbocycles. The summed E-state index contributed by atoms with van der Waals surface area (Å²) >= 11 is 0. The Morgan fingerprint density at radius 2 is 2.10 bits per heavy atom. The molecule has 0 unspecified atom stereocenters. The van der Waals surface area contributed by atoms with Gasteiger partial charge in [-0.15, -0.1) is 0 Å². The number of ether oxygens (including phenoxy) is 1. The van der Waals surface area contributed by atoms with Crippen molar-refractivity contribution in [3.63, 3.8) is 0 Å². The van der Waals surface area contributed by atoms with Crippen LogP contribution in [0.5, 0.6) is 5.75 Å². The third-order valence-electron chi connectivity index (χ3n) is 3.03. The highest BCUT2D eigenvalue weighted by Gasteiger charge is 2.32. The fourth-order valence-electron chi connectivity index (χ4n) is 2.12. The molecule has 7 heteroatoms. The lowest BCUT2D eigenvalue weighted by atomic mass is 10.2. The number of nitrogens with zero attached hydrogens (tertiary/aromatic N) is 1. The summed E-state index contributed by atoms with van der Waals surface area (Å²) in [6.07, 6.45) is -4.08. The average molecular weight is 288 g/mol. The SMILES string of the molecule is CN1CC[C@@H](Oc2ccccc2C(=O)NC(F)(F)F)C1. The highest BCUT2D eigenvalue weighted by molar-refractivity contribution is 5.97. The lowest BCUT2D eigenvalue weighted by molar-refractivity contribution is -0.146. The molecule has 0 aliphatic carbocycles. The molecule has 1 aromatic carbocycles. The predicted octanol–water partition coefficient (Wildman–Crippen LogP) is 2.02. The van der Waals surface area contributed by atoms with Crippen LogP contribution in [0, 0.1) is 0 Å². The smallest absolute Gasteiger partial charge is 0.484 e. The number of amides is 1. The van der Waals surface area contributed by atoms with Crippen molar-refractivity contribution in [2.45, 2.75) is 18.8 Å². The van der Waals surface area contributed by atoms with Crippen molar-refractivity contribution >= 4 is 5.91 Å². The lowest BCUT2D eigenvalue weighted by Gasteiger charge is -2.17. The van der Waals surface area contributed by atoms with Gasteiger partial charge < -0.3 is 9.64 Å². The van der Waals surface area contributed by atoms with Gasteiger partial charge in [-0.05, 0) is 25.6 Å². The van der Waals surface area contributed by atoms with Crippen molar-refractivity contribution in [2.24, 2.45) is 0 Å². The van der Waals surface area contributed by atoms with Gasteiger partial charge in [0, 0.05) is 13.1 Å². The summed E-state index contributed by atoms with van der Waals surface area (Å²) in [5.74, 6) is -1.03. The average Bonchev–Trinajstić information content (AvgIpc) is 2.73. The van der Waals surface area contributed by atoms with E-state index in [0.717, 1.165) is 18.3 Å². The van der Waals surface area contributed by atoms with E-state index in [4.69, 9.17) is 4.74 Å². The summed E-state index contributed by atoms with van der Waals surface area (Å²) in [4.78, 5) is 13.7. The van der Waals surface area contributed by atoms with E-state index in [0.29, 0.717) is 6.54 Å². The first-order chi connectivity index (χ1) is 9.35. The first-order valence-corrected chi connectivity index (χ1v) is 6.18. The van der Waals surface area contributed by atoms with E-state index in [9.17, 15) is 18.0 Å². The number of likely N-dealkylation sites (tertiary alicyclic amines) is 1. The maximum atomic E-state index is 12.2. The zero-order chi connectivity index (χ0) is 14.8. The second kappa shape index (κ2) is 5.70. The number of carbonyl (C=O) groups is 1. The summed E-state index contributed by atoms with van der Waals surface area (Å²) in [6.45, 7) is 1.55. The zero-order valence-corrected chi connectivity index (χ0v) is 10.9. The first-order valence-electron chi connectivity index (χ1n) is 6.18. The normalized spacial score (nSPS) is 19.9. The minimum atomic E-state index is -4.75. The number of benzene rings is 1. The maximum absolute atomic E-state index is 12.2. The van der Waals surface area contributed by atoms with Crippen LogP contribution in [0.1, 0.15) is 16.8 Å². The van der Waals surface area contributed by atoms with Gasteiger partial charge in [-0.3, -0.25) is 10.1 Å². The van der Waals surface area contributed by atoms with E-state index in [-0.39, 0.29) is 17.4 Å².